The van der Waals surface area contributed by atoms with Crippen molar-refractivity contribution in [2.75, 3.05) is 44.6 Å². The van der Waals surface area contributed by atoms with Crippen LogP contribution in [0.5, 0.6) is 0 Å². The molecule has 0 unspecified atom stereocenters. The van der Waals surface area contributed by atoms with E-state index in [1.54, 1.807) is 22.7 Å². The third-order valence-electron chi connectivity index (χ3n) is 5.97. The molecule has 4 rings (SSSR count). The van der Waals surface area contributed by atoms with Crippen molar-refractivity contribution in [1.29, 1.82) is 0 Å². The first kappa shape index (κ1) is 22.2. The Balaban J connectivity index is 1.66. The van der Waals surface area contributed by atoms with Crippen LogP contribution in [-0.2, 0) is 0 Å². The van der Waals surface area contributed by atoms with E-state index in [0.29, 0.717) is 5.56 Å². The topological polar surface area (TPSA) is 55.8 Å². The summed E-state index contributed by atoms with van der Waals surface area (Å²) in [5.41, 5.74) is 3.14. The number of carbonyl (C=O) groups excluding carboxylic acids is 1. The highest BCUT2D eigenvalue weighted by molar-refractivity contribution is 7.16. The molecule has 7 heteroatoms. The van der Waals surface area contributed by atoms with Crippen LogP contribution in [0.25, 0.3) is 0 Å². The standard InChI is InChI=1S/C24H29N3O2S2/c1-17-18(2)31-24(25-23(29)19-7-4-3-5-8-19)21(17)22(20-9-6-16-30-20)27-12-10-26(11-13-27)14-15-28/h3-9,16,22,28H,10-15H2,1-2H3,(H,25,29)/t22-/m1/s1. The Hall–Kier alpha value is -2.03. The van der Waals surface area contributed by atoms with E-state index in [4.69, 9.17) is 0 Å². The van der Waals surface area contributed by atoms with Gasteiger partial charge in [-0.3, -0.25) is 14.6 Å². The molecule has 164 valence electrons. The highest BCUT2D eigenvalue weighted by atomic mass is 32.1. The predicted molar refractivity (Wildman–Crippen MR) is 129 cm³/mol. The first-order valence-corrected chi connectivity index (χ1v) is 12.3. The molecule has 1 atom stereocenters. The second-order valence-corrected chi connectivity index (χ2v) is 10.1. The Kier molecular flexibility index (Phi) is 7.20. The molecule has 31 heavy (non-hydrogen) atoms. The molecule has 3 aromatic rings. The molecule has 1 saturated heterocycles. The minimum atomic E-state index is -0.0687. The predicted octanol–water partition coefficient (Wildman–Crippen LogP) is 4.38. The summed E-state index contributed by atoms with van der Waals surface area (Å²) in [4.78, 5) is 20.3. The maximum absolute atomic E-state index is 12.9. The average Bonchev–Trinajstić information content (AvgIpc) is 3.41. The van der Waals surface area contributed by atoms with Gasteiger partial charge in [-0.15, -0.1) is 22.7 Å². The lowest BCUT2D eigenvalue weighted by molar-refractivity contribution is 0.0953. The second kappa shape index (κ2) is 10.1. The van der Waals surface area contributed by atoms with Crippen molar-refractivity contribution in [3.05, 3.63) is 74.3 Å². The quantitative estimate of drug-likeness (QED) is 0.555. The van der Waals surface area contributed by atoms with E-state index in [0.717, 1.165) is 37.7 Å². The normalized spacial score (nSPS) is 16.4. The van der Waals surface area contributed by atoms with Crippen LogP contribution in [0, 0.1) is 13.8 Å². The average molecular weight is 456 g/mol. The summed E-state index contributed by atoms with van der Waals surface area (Å²) >= 11 is 3.43. The summed E-state index contributed by atoms with van der Waals surface area (Å²) in [6.07, 6.45) is 0. The molecule has 1 fully saturated rings. The van der Waals surface area contributed by atoms with E-state index in [1.165, 1.54) is 20.9 Å². The van der Waals surface area contributed by atoms with E-state index in [2.05, 4.69) is 46.5 Å². The van der Waals surface area contributed by atoms with E-state index in [1.807, 2.05) is 30.3 Å². The number of hydrogen-bond acceptors (Lipinski definition) is 6. The number of β-amino-alcohol motifs (C(OH)–C–C–N with tert-alkyl or cyclic N) is 1. The number of amides is 1. The molecule has 1 aliphatic heterocycles. The van der Waals surface area contributed by atoms with Gasteiger partial charge in [-0.2, -0.15) is 0 Å². The van der Waals surface area contributed by atoms with E-state index >= 15 is 0 Å². The SMILES string of the molecule is Cc1sc(NC(=O)c2ccccc2)c([C@@H](c2cccs2)N2CCN(CCO)CC2)c1C. The fraction of sp³-hybridized carbons (Fsp3) is 0.375. The molecule has 0 saturated carbocycles. The molecule has 3 heterocycles. The minimum Gasteiger partial charge on any atom is -0.395 e. The maximum atomic E-state index is 12.9. The van der Waals surface area contributed by atoms with Crippen LogP contribution in [0.3, 0.4) is 0 Å². The highest BCUT2D eigenvalue weighted by Crippen LogP contribution is 2.43. The van der Waals surface area contributed by atoms with Gasteiger partial charge in [-0.1, -0.05) is 24.3 Å². The Labute approximate surface area is 191 Å². The fourth-order valence-corrected chi connectivity index (χ4v) is 6.12. The zero-order valence-electron chi connectivity index (χ0n) is 18.0. The van der Waals surface area contributed by atoms with Gasteiger partial charge < -0.3 is 10.4 Å². The van der Waals surface area contributed by atoms with Crippen LogP contribution in [0.4, 0.5) is 5.00 Å². The van der Waals surface area contributed by atoms with Crippen molar-refractivity contribution in [2.24, 2.45) is 0 Å². The van der Waals surface area contributed by atoms with Crippen LogP contribution < -0.4 is 5.32 Å². The Morgan fingerprint density at radius 3 is 2.48 bits per heavy atom. The zero-order chi connectivity index (χ0) is 21.8. The number of aliphatic hydroxyl groups is 1. The van der Waals surface area contributed by atoms with Gasteiger partial charge in [0.1, 0.15) is 5.00 Å². The number of carbonyl (C=O) groups is 1. The van der Waals surface area contributed by atoms with Crippen LogP contribution in [0.15, 0.2) is 47.8 Å². The summed E-state index contributed by atoms with van der Waals surface area (Å²) in [7, 11) is 0. The van der Waals surface area contributed by atoms with Crippen molar-refractivity contribution < 1.29 is 9.90 Å². The first-order valence-electron chi connectivity index (χ1n) is 10.7. The number of benzene rings is 1. The lowest BCUT2D eigenvalue weighted by atomic mass is 9.99. The number of aliphatic hydroxyl groups excluding tert-OH is 1. The molecule has 1 amide bonds. The molecule has 2 aromatic heterocycles. The third-order valence-corrected chi connectivity index (χ3v) is 8.03. The molecule has 5 nitrogen and oxygen atoms in total. The van der Waals surface area contributed by atoms with Crippen LogP contribution in [0.1, 0.15) is 37.3 Å². The smallest absolute Gasteiger partial charge is 0.256 e. The van der Waals surface area contributed by atoms with Crippen molar-refractivity contribution in [2.45, 2.75) is 19.9 Å². The summed E-state index contributed by atoms with van der Waals surface area (Å²) in [6, 6.07) is 13.8. The van der Waals surface area contributed by atoms with E-state index in [-0.39, 0.29) is 18.6 Å². The minimum absolute atomic E-state index is 0.0687. The molecule has 1 aromatic carbocycles. The lowest BCUT2D eigenvalue weighted by Crippen LogP contribution is -2.48. The fourth-order valence-electron chi connectivity index (χ4n) is 4.17. The monoisotopic (exact) mass is 455 g/mol. The molecular weight excluding hydrogens is 426 g/mol. The number of thiophene rings is 2. The van der Waals surface area contributed by atoms with Crippen LogP contribution >= 0.6 is 22.7 Å². The summed E-state index contributed by atoms with van der Waals surface area (Å²) in [5, 5.41) is 15.6. The number of piperazine rings is 1. The maximum Gasteiger partial charge on any atom is 0.256 e. The summed E-state index contributed by atoms with van der Waals surface area (Å²) in [6.45, 7) is 8.98. The van der Waals surface area contributed by atoms with Gasteiger partial charge in [0.2, 0.25) is 0 Å². The number of rotatable bonds is 7. The van der Waals surface area contributed by atoms with Gasteiger partial charge in [0.25, 0.3) is 5.91 Å². The molecule has 0 spiro atoms. The molecule has 0 bridgehead atoms. The highest BCUT2D eigenvalue weighted by Gasteiger charge is 2.32. The van der Waals surface area contributed by atoms with E-state index < -0.39 is 0 Å². The molecule has 0 aliphatic carbocycles. The Morgan fingerprint density at radius 1 is 1.10 bits per heavy atom. The van der Waals surface area contributed by atoms with Crippen molar-refractivity contribution >= 4 is 33.6 Å². The van der Waals surface area contributed by atoms with Gasteiger partial charge in [0.05, 0.1) is 12.6 Å². The van der Waals surface area contributed by atoms with Crippen molar-refractivity contribution in [3.8, 4) is 0 Å². The van der Waals surface area contributed by atoms with Gasteiger partial charge >= 0.3 is 0 Å². The third kappa shape index (κ3) is 4.91. The Bertz CT molecular complexity index is 994. The number of anilines is 1. The van der Waals surface area contributed by atoms with Gasteiger partial charge in [-0.25, -0.2) is 0 Å². The lowest BCUT2D eigenvalue weighted by Gasteiger charge is -2.39. The summed E-state index contributed by atoms with van der Waals surface area (Å²) < 4.78 is 0. The van der Waals surface area contributed by atoms with E-state index in [9.17, 15) is 9.90 Å². The number of hydrogen-bond donors (Lipinski definition) is 2. The molecule has 1 aliphatic rings. The van der Waals surface area contributed by atoms with Gasteiger partial charge in [0.15, 0.2) is 0 Å². The first-order chi connectivity index (χ1) is 15.1. The van der Waals surface area contributed by atoms with Crippen molar-refractivity contribution in [1.82, 2.24) is 9.80 Å². The number of aryl methyl sites for hydroxylation is 1. The second-order valence-electron chi connectivity index (χ2n) is 7.87. The number of nitrogens with zero attached hydrogens (tertiary/aromatic N) is 2. The number of nitrogens with one attached hydrogen (secondary N) is 1. The largest absolute Gasteiger partial charge is 0.395 e. The van der Waals surface area contributed by atoms with Crippen molar-refractivity contribution in [3.63, 3.8) is 0 Å². The van der Waals surface area contributed by atoms with Gasteiger partial charge in [0, 0.05) is 53.6 Å². The van der Waals surface area contributed by atoms with Crippen LogP contribution in [-0.4, -0.2) is 60.1 Å². The molecule has 0 radical (unpaired) electrons. The molecular formula is C24H29N3O2S2. The van der Waals surface area contributed by atoms with Crippen LogP contribution in [0.2, 0.25) is 0 Å². The van der Waals surface area contributed by atoms with Gasteiger partial charge in [-0.05, 0) is 43.0 Å². The molecule has 2 N–H and O–H groups in total. The zero-order valence-corrected chi connectivity index (χ0v) is 19.6. The summed E-state index contributed by atoms with van der Waals surface area (Å²) in [5.74, 6) is -0.0687. The Morgan fingerprint density at radius 2 is 1.84 bits per heavy atom.